The number of aliphatic carboxylic acids is 1. The normalized spacial score (nSPS) is 47.1. The average molecular weight is 357 g/mol. The zero-order chi connectivity index (χ0) is 18.7. The van der Waals surface area contributed by atoms with Gasteiger partial charge in [-0.15, -0.1) is 6.58 Å². The molecule has 4 nitrogen and oxygen atoms in total. The second kappa shape index (κ2) is 5.97. The lowest BCUT2D eigenvalue weighted by molar-refractivity contribution is -0.152. The lowest BCUT2D eigenvalue weighted by atomic mass is 9.47. The SMILES string of the molecule is C=CCN1C(=O)C=C[C@@]2(C)C1CC[C@@H]1[C@@H]2CC[C@]2(C)C(C(=O)O)CC[C@@H]12. The molecule has 1 amide bonds. The van der Waals surface area contributed by atoms with E-state index < -0.39 is 5.97 Å². The smallest absolute Gasteiger partial charge is 0.307 e. The first-order valence-electron chi connectivity index (χ1n) is 10.2. The van der Waals surface area contributed by atoms with Crippen molar-refractivity contribution in [3.63, 3.8) is 0 Å². The summed E-state index contributed by atoms with van der Waals surface area (Å²) < 4.78 is 0. The third-order valence-corrected chi connectivity index (χ3v) is 8.60. The molecule has 3 fully saturated rings. The number of amides is 1. The van der Waals surface area contributed by atoms with Crippen molar-refractivity contribution >= 4 is 11.9 Å². The Morgan fingerprint density at radius 2 is 2.04 bits per heavy atom. The van der Waals surface area contributed by atoms with E-state index in [1.165, 1.54) is 0 Å². The number of nitrogens with zero attached hydrogens (tertiary/aromatic N) is 1. The predicted molar refractivity (Wildman–Crippen MR) is 100 cm³/mol. The number of hydrogen-bond donors (Lipinski definition) is 1. The van der Waals surface area contributed by atoms with Crippen LogP contribution < -0.4 is 0 Å². The van der Waals surface area contributed by atoms with Crippen molar-refractivity contribution < 1.29 is 14.7 Å². The number of carbonyl (C=O) groups excluding carboxylic acids is 1. The van der Waals surface area contributed by atoms with Crippen LogP contribution in [-0.2, 0) is 9.59 Å². The van der Waals surface area contributed by atoms with Gasteiger partial charge < -0.3 is 10.0 Å². The summed E-state index contributed by atoms with van der Waals surface area (Å²) >= 11 is 0. The van der Waals surface area contributed by atoms with Gasteiger partial charge in [-0.25, -0.2) is 0 Å². The number of hydrogen-bond acceptors (Lipinski definition) is 2. The molecular formula is C22H31NO3. The molecule has 26 heavy (non-hydrogen) atoms. The van der Waals surface area contributed by atoms with Crippen molar-refractivity contribution in [2.75, 3.05) is 6.54 Å². The van der Waals surface area contributed by atoms with Crippen LogP contribution in [0.4, 0.5) is 0 Å². The minimum atomic E-state index is -0.603. The molecular weight excluding hydrogens is 326 g/mol. The number of carboxylic acids is 1. The van der Waals surface area contributed by atoms with Crippen molar-refractivity contribution in [3.05, 3.63) is 24.8 Å². The minimum absolute atomic E-state index is 0.00246. The molecule has 0 saturated heterocycles. The van der Waals surface area contributed by atoms with Crippen molar-refractivity contribution in [3.8, 4) is 0 Å². The van der Waals surface area contributed by atoms with Crippen LogP contribution in [0.15, 0.2) is 24.8 Å². The Balaban J connectivity index is 1.66. The molecule has 0 aromatic carbocycles. The zero-order valence-electron chi connectivity index (χ0n) is 16.0. The average Bonchev–Trinajstić information content (AvgIpc) is 2.95. The monoisotopic (exact) mass is 357 g/mol. The molecule has 4 rings (SSSR count). The first-order valence-corrected chi connectivity index (χ1v) is 10.2. The molecule has 142 valence electrons. The van der Waals surface area contributed by atoms with Crippen molar-refractivity contribution in [1.29, 1.82) is 0 Å². The fourth-order valence-electron chi connectivity index (χ4n) is 7.36. The van der Waals surface area contributed by atoms with E-state index in [-0.39, 0.29) is 28.7 Å². The van der Waals surface area contributed by atoms with Gasteiger partial charge in [-0.3, -0.25) is 9.59 Å². The lowest BCUT2D eigenvalue weighted by Gasteiger charge is -2.60. The molecule has 1 N–H and O–H groups in total. The maximum atomic E-state index is 12.4. The Hall–Kier alpha value is -1.58. The van der Waals surface area contributed by atoms with Crippen LogP contribution in [0.1, 0.15) is 52.4 Å². The van der Waals surface area contributed by atoms with Crippen LogP contribution in [0.2, 0.25) is 0 Å². The van der Waals surface area contributed by atoms with Gasteiger partial charge in [0.15, 0.2) is 0 Å². The summed E-state index contributed by atoms with van der Waals surface area (Å²) in [6.45, 7) is 9.02. The summed E-state index contributed by atoms with van der Waals surface area (Å²) in [5, 5.41) is 9.71. The molecule has 1 aliphatic heterocycles. The highest BCUT2D eigenvalue weighted by atomic mass is 16.4. The van der Waals surface area contributed by atoms with Gasteiger partial charge in [0.2, 0.25) is 5.91 Å². The Bertz CT molecular complexity index is 670. The van der Waals surface area contributed by atoms with Crippen LogP contribution in [0, 0.1) is 34.5 Å². The second-order valence-corrected chi connectivity index (χ2v) is 9.46. The minimum Gasteiger partial charge on any atom is -0.481 e. The zero-order valence-corrected chi connectivity index (χ0v) is 16.0. The highest BCUT2D eigenvalue weighted by molar-refractivity contribution is 5.89. The van der Waals surface area contributed by atoms with Gasteiger partial charge in [-0.1, -0.05) is 26.0 Å². The van der Waals surface area contributed by atoms with E-state index in [9.17, 15) is 14.7 Å². The van der Waals surface area contributed by atoms with E-state index in [1.807, 2.05) is 11.0 Å². The number of carboxylic acid groups (broad SMARTS) is 1. The molecule has 0 aromatic heterocycles. The summed E-state index contributed by atoms with van der Waals surface area (Å²) in [5.41, 5.74) is -0.0479. The molecule has 0 aromatic rings. The maximum Gasteiger partial charge on any atom is 0.307 e. The molecule has 4 heteroatoms. The number of carbonyl (C=O) groups is 2. The molecule has 1 heterocycles. The molecule has 7 atom stereocenters. The Kier molecular flexibility index (Phi) is 4.09. The fourth-order valence-corrected chi connectivity index (χ4v) is 7.36. The van der Waals surface area contributed by atoms with Gasteiger partial charge in [0.05, 0.1) is 5.92 Å². The quantitative estimate of drug-likeness (QED) is 0.780. The topological polar surface area (TPSA) is 57.6 Å². The summed E-state index contributed by atoms with van der Waals surface area (Å²) in [6, 6.07) is 0.250. The lowest BCUT2D eigenvalue weighted by Crippen LogP contribution is -2.60. The molecule has 0 spiro atoms. The Morgan fingerprint density at radius 3 is 2.73 bits per heavy atom. The van der Waals surface area contributed by atoms with Gasteiger partial charge in [0.1, 0.15) is 0 Å². The van der Waals surface area contributed by atoms with E-state index in [2.05, 4.69) is 26.5 Å². The van der Waals surface area contributed by atoms with Gasteiger partial charge in [-0.2, -0.15) is 0 Å². The summed E-state index contributed by atoms with van der Waals surface area (Å²) in [4.78, 5) is 26.2. The summed E-state index contributed by atoms with van der Waals surface area (Å²) in [6.07, 6.45) is 11.9. The Morgan fingerprint density at radius 1 is 1.27 bits per heavy atom. The van der Waals surface area contributed by atoms with E-state index in [0.29, 0.717) is 24.3 Å². The third-order valence-electron chi connectivity index (χ3n) is 8.60. The first kappa shape index (κ1) is 17.8. The second-order valence-electron chi connectivity index (χ2n) is 9.46. The predicted octanol–water partition coefficient (Wildman–Crippen LogP) is 3.88. The van der Waals surface area contributed by atoms with E-state index in [4.69, 9.17) is 0 Å². The van der Waals surface area contributed by atoms with Crippen LogP contribution in [0.3, 0.4) is 0 Å². The van der Waals surface area contributed by atoms with Crippen LogP contribution >= 0.6 is 0 Å². The molecule has 0 bridgehead atoms. The van der Waals surface area contributed by atoms with Crippen LogP contribution in [0.25, 0.3) is 0 Å². The Labute approximate surface area is 156 Å². The molecule has 2 unspecified atom stereocenters. The van der Waals surface area contributed by atoms with Gasteiger partial charge in [0, 0.05) is 18.0 Å². The highest BCUT2D eigenvalue weighted by Gasteiger charge is 2.61. The number of fused-ring (bicyclic) bond motifs is 5. The van der Waals surface area contributed by atoms with E-state index >= 15 is 0 Å². The molecule has 3 saturated carbocycles. The molecule has 0 radical (unpaired) electrons. The molecule has 3 aliphatic carbocycles. The van der Waals surface area contributed by atoms with E-state index in [1.54, 1.807) is 6.08 Å². The third kappa shape index (κ3) is 2.26. The van der Waals surface area contributed by atoms with Crippen LogP contribution in [-0.4, -0.2) is 34.5 Å². The largest absolute Gasteiger partial charge is 0.481 e. The van der Waals surface area contributed by atoms with Crippen molar-refractivity contribution in [2.45, 2.75) is 58.4 Å². The summed E-state index contributed by atoms with van der Waals surface area (Å²) in [5.74, 6) is 0.969. The highest BCUT2D eigenvalue weighted by Crippen LogP contribution is 2.65. The number of rotatable bonds is 3. The summed E-state index contributed by atoms with van der Waals surface area (Å²) in [7, 11) is 0. The standard InChI is InChI=1S/C22H31NO3/c1-4-13-23-18-8-5-14-15-6-7-17(20(25)26)21(15,2)11-9-16(14)22(18,3)12-10-19(23)24/h4,10,12,14-18H,1,5-9,11,13H2,2-3H3,(H,25,26)/t14-,15-,16-,17?,18?,21-,22+/m0/s1. The van der Waals surface area contributed by atoms with Crippen molar-refractivity contribution in [1.82, 2.24) is 4.90 Å². The first-order chi connectivity index (χ1) is 12.3. The fraction of sp³-hybridized carbons (Fsp3) is 0.727. The van der Waals surface area contributed by atoms with Gasteiger partial charge >= 0.3 is 5.97 Å². The van der Waals surface area contributed by atoms with Crippen molar-refractivity contribution in [2.24, 2.45) is 34.5 Å². The van der Waals surface area contributed by atoms with Crippen LogP contribution in [0.5, 0.6) is 0 Å². The van der Waals surface area contributed by atoms with Gasteiger partial charge in [-0.05, 0) is 67.8 Å². The molecule has 4 aliphatic rings. The maximum absolute atomic E-state index is 12.4. The van der Waals surface area contributed by atoms with Gasteiger partial charge in [0.25, 0.3) is 0 Å². The van der Waals surface area contributed by atoms with E-state index in [0.717, 1.165) is 38.5 Å².